The van der Waals surface area contributed by atoms with E-state index >= 15 is 0 Å². The first-order chi connectivity index (χ1) is 6.93. The van der Waals surface area contributed by atoms with Crippen molar-refractivity contribution in [3.05, 3.63) is 11.6 Å². The van der Waals surface area contributed by atoms with Crippen LogP contribution < -0.4 is 0 Å². The molecule has 0 saturated heterocycles. The minimum absolute atomic E-state index is 0.653. The van der Waals surface area contributed by atoms with Crippen LogP contribution in [0.1, 0.15) is 64.2 Å². The molecule has 1 aliphatic rings. The van der Waals surface area contributed by atoms with Gasteiger partial charge in [0.2, 0.25) is 0 Å². The van der Waals surface area contributed by atoms with Crippen LogP contribution >= 0.6 is 0 Å². The number of nitriles is 1. The highest BCUT2D eigenvalue weighted by atomic mass is 14.2. The van der Waals surface area contributed by atoms with Gasteiger partial charge in [0.15, 0.2) is 0 Å². The lowest BCUT2D eigenvalue weighted by Crippen LogP contribution is -1.84. The van der Waals surface area contributed by atoms with Crippen molar-refractivity contribution in [1.29, 1.82) is 5.26 Å². The SMILES string of the molecule is N#CCC1=CCCCCCCCCC1. The van der Waals surface area contributed by atoms with Crippen molar-refractivity contribution in [3.8, 4) is 6.07 Å². The molecule has 0 saturated carbocycles. The predicted octanol–water partition coefficient (Wildman–Crippen LogP) is 4.35. The second kappa shape index (κ2) is 7.62. The van der Waals surface area contributed by atoms with Gasteiger partial charge in [-0.05, 0) is 25.7 Å². The second-order valence-electron chi connectivity index (χ2n) is 4.21. The molecule has 0 unspecified atom stereocenters. The van der Waals surface area contributed by atoms with Crippen LogP contribution in [-0.2, 0) is 0 Å². The summed E-state index contributed by atoms with van der Waals surface area (Å²) < 4.78 is 0. The minimum atomic E-state index is 0.653. The summed E-state index contributed by atoms with van der Waals surface area (Å²) in [6.45, 7) is 0. The number of nitrogens with zero attached hydrogens (tertiary/aromatic N) is 1. The van der Waals surface area contributed by atoms with Gasteiger partial charge in [-0.15, -0.1) is 0 Å². The molecule has 0 aromatic carbocycles. The van der Waals surface area contributed by atoms with Crippen molar-refractivity contribution in [2.75, 3.05) is 0 Å². The van der Waals surface area contributed by atoms with E-state index in [1.807, 2.05) is 0 Å². The van der Waals surface area contributed by atoms with Crippen molar-refractivity contribution in [2.45, 2.75) is 64.2 Å². The highest BCUT2D eigenvalue weighted by Gasteiger charge is 1.99. The van der Waals surface area contributed by atoms with E-state index in [1.165, 1.54) is 56.9 Å². The van der Waals surface area contributed by atoms with Gasteiger partial charge in [-0.2, -0.15) is 5.26 Å². The van der Waals surface area contributed by atoms with Gasteiger partial charge in [-0.3, -0.25) is 0 Å². The first-order valence-electron chi connectivity index (χ1n) is 5.98. The van der Waals surface area contributed by atoms with Gasteiger partial charge in [0.05, 0.1) is 12.5 Å². The third-order valence-electron chi connectivity index (χ3n) is 2.94. The Morgan fingerprint density at radius 3 is 2.36 bits per heavy atom. The van der Waals surface area contributed by atoms with Gasteiger partial charge < -0.3 is 0 Å². The van der Waals surface area contributed by atoms with E-state index < -0.39 is 0 Å². The molecule has 0 fully saturated rings. The molecule has 0 aromatic heterocycles. The van der Waals surface area contributed by atoms with E-state index in [0.29, 0.717) is 6.42 Å². The van der Waals surface area contributed by atoms with E-state index in [9.17, 15) is 0 Å². The molecule has 0 heterocycles. The van der Waals surface area contributed by atoms with Crippen LogP contribution in [0.15, 0.2) is 11.6 Å². The van der Waals surface area contributed by atoms with Crippen LogP contribution in [0.3, 0.4) is 0 Å². The fourth-order valence-corrected chi connectivity index (χ4v) is 2.05. The molecule has 0 spiro atoms. The molecule has 0 aliphatic heterocycles. The Balaban J connectivity index is 2.37. The van der Waals surface area contributed by atoms with E-state index in [-0.39, 0.29) is 0 Å². The maximum Gasteiger partial charge on any atom is 0.0666 e. The topological polar surface area (TPSA) is 23.8 Å². The Labute approximate surface area is 87.8 Å². The molecule has 0 bridgehead atoms. The summed E-state index contributed by atoms with van der Waals surface area (Å²) in [7, 11) is 0. The predicted molar refractivity (Wildman–Crippen MR) is 59.9 cm³/mol. The van der Waals surface area contributed by atoms with E-state index in [2.05, 4.69) is 12.1 Å². The van der Waals surface area contributed by atoms with Crippen LogP contribution in [-0.4, -0.2) is 0 Å². The monoisotopic (exact) mass is 191 g/mol. The Bertz CT molecular complexity index is 210. The van der Waals surface area contributed by atoms with Crippen molar-refractivity contribution in [1.82, 2.24) is 0 Å². The van der Waals surface area contributed by atoms with Crippen molar-refractivity contribution in [2.24, 2.45) is 0 Å². The first-order valence-corrected chi connectivity index (χ1v) is 5.98. The normalized spacial score (nSPS) is 20.4. The molecule has 78 valence electrons. The lowest BCUT2D eigenvalue weighted by atomic mass is 10.0. The zero-order chi connectivity index (χ0) is 10.1. The van der Waals surface area contributed by atoms with Crippen LogP contribution in [0.25, 0.3) is 0 Å². The van der Waals surface area contributed by atoms with E-state index in [4.69, 9.17) is 5.26 Å². The van der Waals surface area contributed by atoms with Crippen LogP contribution in [0, 0.1) is 11.3 Å². The van der Waals surface area contributed by atoms with Crippen molar-refractivity contribution >= 4 is 0 Å². The fourth-order valence-electron chi connectivity index (χ4n) is 2.05. The molecule has 14 heavy (non-hydrogen) atoms. The van der Waals surface area contributed by atoms with Gasteiger partial charge in [-0.25, -0.2) is 0 Å². The highest BCUT2D eigenvalue weighted by Crippen LogP contribution is 2.18. The number of rotatable bonds is 1. The van der Waals surface area contributed by atoms with Crippen LogP contribution in [0.5, 0.6) is 0 Å². The van der Waals surface area contributed by atoms with Gasteiger partial charge in [0, 0.05) is 0 Å². The van der Waals surface area contributed by atoms with Gasteiger partial charge in [0.25, 0.3) is 0 Å². The third-order valence-corrected chi connectivity index (χ3v) is 2.94. The number of hydrogen-bond donors (Lipinski definition) is 0. The average molecular weight is 191 g/mol. The molecule has 0 radical (unpaired) electrons. The van der Waals surface area contributed by atoms with Crippen LogP contribution in [0.2, 0.25) is 0 Å². The number of hydrogen-bond acceptors (Lipinski definition) is 1. The second-order valence-corrected chi connectivity index (χ2v) is 4.21. The molecule has 0 aromatic rings. The maximum atomic E-state index is 8.67. The molecule has 0 N–H and O–H groups in total. The molecule has 1 nitrogen and oxygen atoms in total. The Hall–Kier alpha value is -0.770. The fraction of sp³-hybridized carbons (Fsp3) is 0.769. The molecular weight excluding hydrogens is 170 g/mol. The Morgan fingerprint density at radius 1 is 1.00 bits per heavy atom. The summed E-state index contributed by atoms with van der Waals surface area (Å²) in [4.78, 5) is 0. The lowest BCUT2D eigenvalue weighted by Gasteiger charge is -2.02. The van der Waals surface area contributed by atoms with E-state index in [0.717, 1.165) is 6.42 Å². The lowest BCUT2D eigenvalue weighted by molar-refractivity contribution is 0.587. The Morgan fingerprint density at radius 2 is 1.64 bits per heavy atom. The molecule has 0 atom stereocenters. The molecular formula is C13H21N. The summed E-state index contributed by atoms with van der Waals surface area (Å²) in [6.07, 6.45) is 14.8. The zero-order valence-electron chi connectivity index (χ0n) is 9.10. The minimum Gasteiger partial charge on any atom is -0.198 e. The molecule has 1 aliphatic carbocycles. The Kier molecular flexibility index (Phi) is 6.15. The summed E-state index contributed by atoms with van der Waals surface area (Å²) in [5.74, 6) is 0. The zero-order valence-corrected chi connectivity index (χ0v) is 9.10. The molecule has 1 rings (SSSR count). The largest absolute Gasteiger partial charge is 0.198 e. The molecule has 0 amide bonds. The summed E-state index contributed by atoms with van der Waals surface area (Å²) in [5.41, 5.74) is 1.38. The highest BCUT2D eigenvalue weighted by molar-refractivity contribution is 5.07. The summed E-state index contributed by atoms with van der Waals surface area (Å²) in [5, 5.41) is 8.67. The number of allylic oxidation sites excluding steroid dienone is 2. The quantitative estimate of drug-likeness (QED) is 0.565. The average Bonchev–Trinajstić information content (AvgIpc) is 2.24. The smallest absolute Gasteiger partial charge is 0.0666 e. The molecule has 1 heteroatoms. The van der Waals surface area contributed by atoms with Crippen molar-refractivity contribution in [3.63, 3.8) is 0 Å². The van der Waals surface area contributed by atoms with Gasteiger partial charge in [-0.1, -0.05) is 43.8 Å². The first kappa shape index (κ1) is 11.3. The maximum absolute atomic E-state index is 8.67. The van der Waals surface area contributed by atoms with Gasteiger partial charge >= 0.3 is 0 Å². The summed E-state index contributed by atoms with van der Waals surface area (Å²) >= 11 is 0. The standard InChI is InChI=1S/C13H21N/c14-12-11-13-9-7-5-3-1-2-4-6-8-10-13/h9H,1-8,10-11H2. The summed E-state index contributed by atoms with van der Waals surface area (Å²) in [6, 6.07) is 2.27. The van der Waals surface area contributed by atoms with Crippen LogP contribution in [0.4, 0.5) is 0 Å². The van der Waals surface area contributed by atoms with Crippen molar-refractivity contribution < 1.29 is 0 Å². The van der Waals surface area contributed by atoms with E-state index in [1.54, 1.807) is 0 Å². The third kappa shape index (κ3) is 5.07. The van der Waals surface area contributed by atoms with Gasteiger partial charge in [0.1, 0.15) is 0 Å².